The Morgan fingerprint density at radius 3 is 2.41 bits per heavy atom. The summed E-state index contributed by atoms with van der Waals surface area (Å²) in [5.74, 6) is -0.359. The lowest BCUT2D eigenvalue weighted by molar-refractivity contribution is -0.129. The van der Waals surface area contributed by atoms with E-state index in [1.165, 1.54) is 23.3 Å². The molecule has 0 aromatic heterocycles. The van der Waals surface area contributed by atoms with Crippen LogP contribution in [0.5, 0.6) is 11.5 Å². The molecule has 1 saturated carbocycles. The molecule has 4 rings (SSSR count). The minimum Gasteiger partial charge on any atom is -0.504 e. The summed E-state index contributed by atoms with van der Waals surface area (Å²) in [6.45, 7) is 4.59. The molecule has 2 amide bonds. The fourth-order valence-electron chi connectivity index (χ4n) is 4.59. The predicted molar refractivity (Wildman–Crippen MR) is 134 cm³/mol. The third kappa shape index (κ3) is 4.72. The Kier molecular flexibility index (Phi) is 6.51. The van der Waals surface area contributed by atoms with Gasteiger partial charge in [-0.3, -0.25) is 9.59 Å². The van der Waals surface area contributed by atoms with Gasteiger partial charge >= 0.3 is 0 Å². The number of benzene rings is 2. The van der Waals surface area contributed by atoms with E-state index in [0.29, 0.717) is 31.4 Å². The molecule has 2 aliphatic rings. The van der Waals surface area contributed by atoms with Crippen LogP contribution in [0.3, 0.4) is 0 Å². The first-order valence-corrected chi connectivity index (χ1v) is 11.8. The lowest BCUT2D eigenvalue weighted by Crippen LogP contribution is -2.28. The van der Waals surface area contributed by atoms with Crippen LogP contribution < -0.4 is 5.32 Å². The number of phenols is 2. The Morgan fingerprint density at radius 1 is 1.03 bits per heavy atom. The second-order valence-electron chi connectivity index (χ2n) is 9.39. The van der Waals surface area contributed by atoms with Crippen molar-refractivity contribution >= 4 is 23.1 Å². The second kappa shape index (κ2) is 9.37. The quantitative estimate of drug-likeness (QED) is 0.505. The minimum absolute atomic E-state index is 0.101. The molecule has 3 N–H and O–H groups in total. The van der Waals surface area contributed by atoms with Gasteiger partial charge in [-0.15, -0.1) is 0 Å². The number of carbonyl (C=O) groups excluding carboxylic acids is 2. The van der Waals surface area contributed by atoms with Gasteiger partial charge in [0.25, 0.3) is 0 Å². The molecular formula is C28H32N2O4. The molecule has 0 unspecified atom stereocenters. The van der Waals surface area contributed by atoms with Gasteiger partial charge < -0.3 is 20.4 Å². The number of carbonyl (C=O) groups is 2. The monoisotopic (exact) mass is 460 g/mol. The number of hydrogen-bond donors (Lipinski definition) is 3. The molecule has 0 atom stereocenters. The molecule has 0 bridgehead atoms. The lowest BCUT2D eigenvalue weighted by atomic mass is 9.90. The molecule has 178 valence electrons. The van der Waals surface area contributed by atoms with Crippen LogP contribution in [-0.4, -0.2) is 40.5 Å². The Bertz CT molecular complexity index is 1190. The number of anilines is 1. The van der Waals surface area contributed by atoms with Gasteiger partial charge in [0.1, 0.15) is 0 Å². The van der Waals surface area contributed by atoms with Crippen molar-refractivity contribution in [2.75, 3.05) is 18.9 Å². The van der Waals surface area contributed by atoms with Crippen molar-refractivity contribution in [3.63, 3.8) is 0 Å². The molecule has 0 aliphatic heterocycles. The zero-order valence-electron chi connectivity index (χ0n) is 20.0. The average Bonchev–Trinajstić information content (AvgIpc) is 3.64. The van der Waals surface area contributed by atoms with Crippen molar-refractivity contribution in [3.8, 4) is 11.5 Å². The van der Waals surface area contributed by atoms with E-state index in [1.54, 1.807) is 11.0 Å². The van der Waals surface area contributed by atoms with Crippen molar-refractivity contribution in [1.29, 1.82) is 0 Å². The summed E-state index contributed by atoms with van der Waals surface area (Å²) in [5.41, 5.74) is 5.49. The first-order chi connectivity index (χ1) is 16.2. The van der Waals surface area contributed by atoms with Crippen LogP contribution in [-0.2, 0) is 15.0 Å². The molecule has 1 fully saturated rings. The van der Waals surface area contributed by atoms with E-state index in [1.807, 2.05) is 32.2 Å². The molecule has 34 heavy (non-hydrogen) atoms. The number of allylic oxidation sites excluding steroid dienone is 3. The summed E-state index contributed by atoms with van der Waals surface area (Å²) < 4.78 is 0. The number of hydrogen-bond acceptors (Lipinski definition) is 4. The summed E-state index contributed by atoms with van der Waals surface area (Å²) in [5, 5.41) is 22.5. The van der Waals surface area contributed by atoms with Crippen LogP contribution in [0.2, 0.25) is 0 Å². The number of amides is 2. The number of rotatable bonds is 7. The van der Waals surface area contributed by atoms with Crippen molar-refractivity contribution in [1.82, 2.24) is 4.90 Å². The van der Waals surface area contributed by atoms with Gasteiger partial charge in [0.2, 0.25) is 11.8 Å². The number of nitrogens with zero attached hydrogens (tertiary/aromatic N) is 1. The van der Waals surface area contributed by atoms with E-state index in [9.17, 15) is 19.8 Å². The molecule has 0 heterocycles. The van der Waals surface area contributed by atoms with E-state index in [-0.39, 0.29) is 23.3 Å². The van der Waals surface area contributed by atoms with Gasteiger partial charge in [0.05, 0.1) is 5.41 Å². The Labute approximate surface area is 200 Å². The van der Waals surface area contributed by atoms with E-state index in [0.717, 1.165) is 29.7 Å². The van der Waals surface area contributed by atoms with Crippen LogP contribution in [0.4, 0.5) is 5.69 Å². The summed E-state index contributed by atoms with van der Waals surface area (Å²) in [6, 6.07) is 10.6. The number of likely N-dealkylation sites (N-methyl/N-ethyl adjacent to an activating group) is 1. The normalized spacial score (nSPS) is 16.3. The Balaban J connectivity index is 1.50. The van der Waals surface area contributed by atoms with Crippen molar-refractivity contribution in [2.24, 2.45) is 0 Å². The number of aromatic hydroxyl groups is 2. The maximum atomic E-state index is 13.2. The van der Waals surface area contributed by atoms with E-state index in [4.69, 9.17) is 0 Å². The van der Waals surface area contributed by atoms with Gasteiger partial charge in [0.15, 0.2) is 11.5 Å². The fourth-order valence-corrected chi connectivity index (χ4v) is 4.59. The van der Waals surface area contributed by atoms with Crippen LogP contribution in [0.15, 0.2) is 54.1 Å². The second-order valence-corrected chi connectivity index (χ2v) is 9.39. The van der Waals surface area contributed by atoms with Gasteiger partial charge in [-0.1, -0.05) is 36.8 Å². The highest BCUT2D eigenvalue weighted by Crippen LogP contribution is 2.50. The average molecular weight is 461 g/mol. The van der Waals surface area contributed by atoms with Gasteiger partial charge in [-0.05, 0) is 79.1 Å². The van der Waals surface area contributed by atoms with Crippen LogP contribution >= 0.6 is 0 Å². The van der Waals surface area contributed by atoms with Crippen LogP contribution in [0.1, 0.15) is 55.7 Å². The van der Waals surface area contributed by atoms with Gasteiger partial charge in [-0.2, -0.15) is 0 Å². The topological polar surface area (TPSA) is 89.9 Å². The molecular weight excluding hydrogens is 428 g/mol. The van der Waals surface area contributed by atoms with E-state index in [2.05, 4.69) is 24.4 Å². The third-order valence-corrected chi connectivity index (χ3v) is 6.96. The largest absolute Gasteiger partial charge is 0.504 e. The van der Waals surface area contributed by atoms with E-state index >= 15 is 0 Å². The predicted octanol–water partition coefficient (Wildman–Crippen LogP) is 5.05. The lowest BCUT2D eigenvalue weighted by Gasteiger charge is -2.22. The first kappa shape index (κ1) is 23.6. The minimum atomic E-state index is -0.667. The summed E-state index contributed by atoms with van der Waals surface area (Å²) in [6.07, 6.45) is 7.94. The number of phenolic OH excluding ortho intramolecular Hbond substituents is 2. The Morgan fingerprint density at radius 2 is 1.79 bits per heavy atom. The van der Waals surface area contributed by atoms with Crippen molar-refractivity contribution < 1.29 is 19.8 Å². The SMILES string of the molecule is CCC(=O)N(C)CC1=CC=C(c2cc(NC(=O)C3(c4ccc(O)c(O)c4)CC3)ccc2C)CC1. The Hall–Kier alpha value is -3.54. The molecule has 0 radical (unpaired) electrons. The standard InChI is InChI=1S/C28H32N2O4/c1-4-26(33)30(3)17-19-6-8-20(9-7-19)23-16-22(11-5-18(23)2)29-27(34)28(13-14-28)21-10-12-24(31)25(32)15-21/h5-6,8,10-12,15-16,31-32H,4,7,9,13-14,17H2,1-3H3,(H,29,34). The molecule has 2 aromatic carbocycles. The van der Waals surface area contributed by atoms with Crippen LogP contribution in [0, 0.1) is 6.92 Å². The highest BCUT2D eigenvalue weighted by atomic mass is 16.3. The molecule has 0 spiro atoms. The maximum absolute atomic E-state index is 13.2. The summed E-state index contributed by atoms with van der Waals surface area (Å²) in [4.78, 5) is 26.8. The first-order valence-electron chi connectivity index (χ1n) is 11.8. The zero-order chi connectivity index (χ0) is 24.5. The van der Waals surface area contributed by atoms with E-state index < -0.39 is 5.41 Å². The van der Waals surface area contributed by atoms with Crippen molar-refractivity contribution in [2.45, 2.75) is 51.4 Å². The molecule has 6 nitrogen and oxygen atoms in total. The third-order valence-electron chi connectivity index (χ3n) is 6.96. The van der Waals surface area contributed by atoms with Crippen molar-refractivity contribution in [3.05, 3.63) is 70.8 Å². The van der Waals surface area contributed by atoms with Gasteiger partial charge in [-0.25, -0.2) is 0 Å². The number of aryl methyl sites for hydroxylation is 1. The maximum Gasteiger partial charge on any atom is 0.235 e. The highest BCUT2D eigenvalue weighted by Gasteiger charge is 2.51. The zero-order valence-corrected chi connectivity index (χ0v) is 20.0. The molecule has 6 heteroatoms. The molecule has 2 aliphatic carbocycles. The smallest absolute Gasteiger partial charge is 0.235 e. The summed E-state index contributed by atoms with van der Waals surface area (Å²) in [7, 11) is 1.84. The van der Waals surface area contributed by atoms with Crippen LogP contribution in [0.25, 0.3) is 5.57 Å². The molecule has 2 aromatic rings. The molecule has 0 saturated heterocycles. The summed E-state index contributed by atoms with van der Waals surface area (Å²) >= 11 is 0. The number of nitrogens with one attached hydrogen (secondary N) is 1. The van der Waals surface area contributed by atoms with Gasteiger partial charge in [0, 0.05) is 25.7 Å². The highest BCUT2D eigenvalue weighted by molar-refractivity contribution is 6.01. The fraction of sp³-hybridized carbons (Fsp3) is 0.357.